The molecule has 2 rings (SSSR count). The zero-order valence-electron chi connectivity index (χ0n) is 13.2. The van der Waals surface area contributed by atoms with E-state index >= 15 is 0 Å². The van der Waals surface area contributed by atoms with E-state index in [-0.39, 0.29) is 11.6 Å². The highest BCUT2D eigenvalue weighted by Crippen LogP contribution is 2.25. The van der Waals surface area contributed by atoms with Crippen molar-refractivity contribution in [2.45, 2.75) is 44.1 Å². The van der Waals surface area contributed by atoms with E-state index < -0.39 is 5.25 Å². The third-order valence-electron chi connectivity index (χ3n) is 3.35. The Hall–Kier alpha value is -1.73. The van der Waals surface area contributed by atoms with Gasteiger partial charge >= 0.3 is 5.69 Å². The van der Waals surface area contributed by atoms with Crippen molar-refractivity contribution in [1.82, 2.24) is 14.8 Å². The van der Waals surface area contributed by atoms with Gasteiger partial charge < -0.3 is 5.32 Å². The van der Waals surface area contributed by atoms with Crippen LogP contribution < -0.4 is 11.0 Å². The number of thioether (sulfide) groups is 1. The van der Waals surface area contributed by atoms with Crippen molar-refractivity contribution in [1.29, 1.82) is 0 Å². The van der Waals surface area contributed by atoms with Gasteiger partial charge in [-0.1, -0.05) is 36.4 Å². The first-order valence-electron chi connectivity index (χ1n) is 7.31. The lowest BCUT2D eigenvalue weighted by Crippen LogP contribution is -2.24. The highest BCUT2D eigenvalue weighted by Gasteiger charge is 2.19. The minimum Gasteiger partial charge on any atom is -0.325 e. The largest absolute Gasteiger partial charge is 0.343 e. The summed E-state index contributed by atoms with van der Waals surface area (Å²) < 4.78 is 1.54. The molecule has 0 fully saturated rings. The summed E-state index contributed by atoms with van der Waals surface area (Å²) in [7, 11) is 0. The molecule has 0 aliphatic carbocycles. The fraction of sp³-hybridized carbons (Fsp3) is 0.400. The minimum atomic E-state index is -0.404. The lowest BCUT2D eigenvalue weighted by Gasteiger charge is -2.14. The first-order valence-corrected chi connectivity index (χ1v) is 8.57. The van der Waals surface area contributed by atoms with Crippen LogP contribution in [0.4, 0.5) is 5.69 Å². The molecule has 8 heteroatoms. The molecule has 6 nitrogen and oxygen atoms in total. The predicted octanol–water partition coefficient (Wildman–Crippen LogP) is 3.06. The number of nitrogens with zero attached hydrogens (tertiary/aromatic N) is 2. The van der Waals surface area contributed by atoms with Crippen LogP contribution in [0.25, 0.3) is 0 Å². The van der Waals surface area contributed by atoms with Crippen LogP contribution in [0.5, 0.6) is 0 Å². The summed E-state index contributed by atoms with van der Waals surface area (Å²) >= 11 is 7.30. The van der Waals surface area contributed by atoms with E-state index in [4.69, 9.17) is 11.6 Å². The van der Waals surface area contributed by atoms with Gasteiger partial charge in [0.15, 0.2) is 5.16 Å². The Morgan fingerprint density at radius 2 is 2.26 bits per heavy atom. The smallest absolute Gasteiger partial charge is 0.325 e. The third-order valence-corrected chi connectivity index (χ3v) is 4.85. The summed E-state index contributed by atoms with van der Waals surface area (Å²) in [5.41, 5.74) is 1.25. The normalized spacial score (nSPS) is 12.2. The number of hydrogen-bond donors (Lipinski definition) is 2. The van der Waals surface area contributed by atoms with E-state index in [9.17, 15) is 9.59 Å². The van der Waals surface area contributed by atoms with Gasteiger partial charge in [0.1, 0.15) is 0 Å². The summed E-state index contributed by atoms with van der Waals surface area (Å²) in [6, 6.07) is 5.37. The zero-order chi connectivity index (χ0) is 17.0. The van der Waals surface area contributed by atoms with Gasteiger partial charge in [-0.3, -0.25) is 9.36 Å². The van der Waals surface area contributed by atoms with Crippen molar-refractivity contribution >= 4 is 35.0 Å². The molecule has 0 unspecified atom stereocenters. The second kappa shape index (κ2) is 7.70. The lowest BCUT2D eigenvalue weighted by molar-refractivity contribution is -0.115. The highest BCUT2D eigenvalue weighted by molar-refractivity contribution is 8.00. The molecule has 0 aliphatic rings. The molecule has 2 N–H and O–H groups in total. The first kappa shape index (κ1) is 17.6. The van der Waals surface area contributed by atoms with Crippen LogP contribution >= 0.6 is 23.4 Å². The maximum Gasteiger partial charge on any atom is 0.343 e. The van der Waals surface area contributed by atoms with Crippen LogP contribution in [-0.2, 0) is 11.3 Å². The number of carbonyl (C=O) groups excluding carboxylic acids is 1. The molecule has 1 amide bonds. The molecule has 1 aromatic carbocycles. The Bertz CT molecular complexity index is 756. The lowest BCUT2D eigenvalue weighted by atomic mass is 10.2. The monoisotopic (exact) mass is 354 g/mol. The minimum absolute atomic E-state index is 0.168. The van der Waals surface area contributed by atoms with Crippen LogP contribution in [0, 0.1) is 6.92 Å². The van der Waals surface area contributed by atoms with E-state index in [0.29, 0.717) is 22.4 Å². The molecule has 0 saturated heterocycles. The van der Waals surface area contributed by atoms with E-state index in [0.717, 1.165) is 12.0 Å². The number of aromatic nitrogens is 3. The predicted molar refractivity (Wildman–Crippen MR) is 93.3 cm³/mol. The zero-order valence-corrected chi connectivity index (χ0v) is 14.8. The van der Waals surface area contributed by atoms with E-state index in [1.54, 1.807) is 29.7 Å². The molecule has 0 radical (unpaired) electrons. The number of amides is 1. The summed E-state index contributed by atoms with van der Waals surface area (Å²) in [5, 5.41) is 9.98. The topological polar surface area (TPSA) is 79.8 Å². The fourth-order valence-corrected chi connectivity index (χ4v) is 3.06. The van der Waals surface area contributed by atoms with Crippen molar-refractivity contribution < 1.29 is 4.79 Å². The van der Waals surface area contributed by atoms with Crippen LogP contribution in [0.1, 0.15) is 25.8 Å². The molecular formula is C15H19ClN4O2S. The molecule has 0 spiro atoms. The van der Waals surface area contributed by atoms with Crippen molar-refractivity contribution in [3.63, 3.8) is 0 Å². The maximum atomic E-state index is 12.4. The molecule has 1 atom stereocenters. The molecule has 23 heavy (non-hydrogen) atoms. The SMILES string of the molecule is CCCn1c(S[C@@H](C)C(=O)Nc2cccc(Cl)c2C)n[nH]c1=O. The molecule has 0 aliphatic heterocycles. The molecule has 2 aromatic rings. The Labute approximate surface area is 143 Å². The number of anilines is 1. The number of hydrogen-bond acceptors (Lipinski definition) is 4. The number of H-pyrrole nitrogens is 1. The van der Waals surface area contributed by atoms with Gasteiger partial charge in [0.2, 0.25) is 5.91 Å². The van der Waals surface area contributed by atoms with Crippen LogP contribution in [-0.4, -0.2) is 25.9 Å². The van der Waals surface area contributed by atoms with Gasteiger partial charge in [0, 0.05) is 17.3 Å². The second-order valence-corrected chi connectivity index (χ2v) is 6.84. The summed E-state index contributed by atoms with van der Waals surface area (Å²) in [6.45, 7) is 6.17. The Morgan fingerprint density at radius 1 is 1.52 bits per heavy atom. The third kappa shape index (κ3) is 4.17. The van der Waals surface area contributed by atoms with Crippen LogP contribution in [0.2, 0.25) is 5.02 Å². The van der Waals surface area contributed by atoms with Gasteiger partial charge in [0.25, 0.3) is 0 Å². The maximum absolute atomic E-state index is 12.4. The first-order chi connectivity index (χ1) is 10.9. The summed E-state index contributed by atoms with van der Waals surface area (Å²) in [6.07, 6.45) is 0.815. The Kier molecular flexibility index (Phi) is 5.90. The quantitative estimate of drug-likeness (QED) is 0.781. The highest BCUT2D eigenvalue weighted by atomic mass is 35.5. The molecule has 1 heterocycles. The van der Waals surface area contributed by atoms with Crippen LogP contribution in [0.3, 0.4) is 0 Å². The summed E-state index contributed by atoms with van der Waals surface area (Å²) in [4.78, 5) is 24.0. The second-order valence-electron chi connectivity index (χ2n) is 5.12. The van der Waals surface area contributed by atoms with Gasteiger partial charge in [0.05, 0.1) is 5.25 Å². The number of benzene rings is 1. The van der Waals surface area contributed by atoms with E-state index in [2.05, 4.69) is 15.5 Å². The molecule has 1 aromatic heterocycles. The van der Waals surface area contributed by atoms with Gasteiger partial charge in [-0.05, 0) is 38.0 Å². The number of nitrogens with one attached hydrogen (secondary N) is 2. The van der Waals surface area contributed by atoms with Crippen molar-refractivity contribution in [3.8, 4) is 0 Å². The number of halogens is 1. The standard InChI is InChI=1S/C15H19ClN4O2S/c1-4-8-20-14(22)18-19-15(20)23-10(3)13(21)17-12-7-5-6-11(16)9(12)2/h5-7,10H,4,8H2,1-3H3,(H,17,21)(H,18,22)/t10-/m0/s1. The van der Waals surface area contributed by atoms with E-state index in [1.165, 1.54) is 11.8 Å². The molecule has 124 valence electrons. The average molecular weight is 355 g/mol. The Morgan fingerprint density at radius 3 is 2.96 bits per heavy atom. The van der Waals surface area contributed by atoms with Crippen molar-refractivity contribution in [2.24, 2.45) is 0 Å². The number of rotatable bonds is 6. The molecule has 0 saturated carbocycles. The van der Waals surface area contributed by atoms with Gasteiger partial charge in [-0.25, -0.2) is 9.89 Å². The van der Waals surface area contributed by atoms with E-state index in [1.807, 2.05) is 13.8 Å². The Balaban J connectivity index is 2.09. The molecule has 0 bridgehead atoms. The van der Waals surface area contributed by atoms with Crippen molar-refractivity contribution in [3.05, 3.63) is 39.3 Å². The van der Waals surface area contributed by atoms with Crippen molar-refractivity contribution in [2.75, 3.05) is 5.32 Å². The number of carbonyl (C=O) groups is 1. The van der Waals surface area contributed by atoms with Gasteiger partial charge in [-0.15, -0.1) is 5.10 Å². The average Bonchev–Trinajstić information content (AvgIpc) is 2.85. The summed E-state index contributed by atoms with van der Waals surface area (Å²) in [5.74, 6) is -0.168. The van der Waals surface area contributed by atoms with Gasteiger partial charge in [-0.2, -0.15) is 0 Å². The number of aromatic amines is 1. The van der Waals surface area contributed by atoms with Crippen LogP contribution in [0.15, 0.2) is 28.2 Å². The fourth-order valence-electron chi connectivity index (χ4n) is 2.00. The molecular weight excluding hydrogens is 336 g/mol.